The Morgan fingerprint density at radius 3 is 2.95 bits per heavy atom. The van der Waals surface area contributed by atoms with Gasteiger partial charge >= 0.3 is 0 Å². The summed E-state index contributed by atoms with van der Waals surface area (Å²) in [4.78, 5) is 11.3. The molecule has 0 unspecified atom stereocenters. The zero-order valence-corrected chi connectivity index (χ0v) is 11.5. The maximum Gasteiger partial charge on any atom is 0.226 e. The lowest BCUT2D eigenvalue weighted by molar-refractivity contribution is 1.08. The molecule has 7 heteroatoms. The van der Waals surface area contributed by atoms with Crippen molar-refractivity contribution in [1.82, 2.24) is 20.2 Å². The molecule has 0 saturated carbocycles. The van der Waals surface area contributed by atoms with Gasteiger partial charge in [0, 0.05) is 16.8 Å². The number of H-pyrrole nitrogens is 1. The molecule has 0 spiro atoms. The van der Waals surface area contributed by atoms with Crippen molar-refractivity contribution in [3.63, 3.8) is 0 Å². The Kier molecular flexibility index (Phi) is 3.04. The van der Waals surface area contributed by atoms with Gasteiger partial charge in [-0.05, 0) is 19.1 Å². The van der Waals surface area contributed by atoms with E-state index in [-0.39, 0.29) is 0 Å². The first-order valence-corrected chi connectivity index (χ1v) is 6.76. The highest BCUT2D eigenvalue weighted by Gasteiger charge is 2.08. The number of nitrogens with one attached hydrogen (secondary N) is 3. The highest BCUT2D eigenvalue weighted by atomic mass is 32.1. The van der Waals surface area contributed by atoms with Crippen LogP contribution in [0.15, 0.2) is 18.3 Å². The standard InChI is InChI=1S/C12H14N6S/c1-7-3-4-8(19-7)5-14-10-9-6-15-18-11(9)17-12(13-2)16-10/h3-4,6H,5H2,1-2H3,(H3,13,14,15,16,17,18). The number of fused-ring (bicyclic) bond motifs is 1. The van der Waals surface area contributed by atoms with Gasteiger partial charge in [0.2, 0.25) is 5.95 Å². The van der Waals surface area contributed by atoms with Gasteiger partial charge in [-0.25, -0.2) is 0 Å². The summed E-state index contributed by atoms with van der Waals surface area (Å²) < 4.78 is 0. The van der Waals surface area contributed by atoms with E-state index in [0.29, 0.717) is 5.95 Å². The molecule has 0 atom stereocenters. The summed E-state index contributed by atoms with van der Waals surface area (Å²) in [5, 5.41) is 14.0. The van der Waals surface area contributed by atoms with Gasteiger partial charge in [0.25, 0.3) is 0 Å². The normalized spacial score (nSPS) is 10.8. The molecule has 6 nitrogen and oxygen atoms in total. The minimum absolute atomic E-state index is 0.571. The van der Waals surface area contributed by atoms with Gasteiger partial charge in [0.05, 0.1) is 18.1 Å². The topological polar surface area (TPSA) is 78.5 Å². The Bertz CT molecular complexity index is 701. The Morgan fingerprint density at radius 2 is 2.21 bits per heavy atom. The van der Waals surface area contributed by atoms with E-state index in [2.05, 4.69) is 49.9 Å². The molecule has 3 aromatic rings. The average Bonchev–Trinajstić information content (AvgIpc) is 3.04. The van der Waals surface area contributed by atoms with Crippen molar-refractivity contribution in [2.24, 2.45) is 0 Å². The van der Waals surface area contributed by atoms with Crippen LogP contribution in [0.25, 0.3) is 11.0 Å². The summed E-state index contributed by atoms with van der Waals surface area (Å²) in [7, 11) is 1.80. The van der Waals surface area contributed by atoms with Crippen LogP contribution in [0.4, 0.5) is 11.8 Å². The molecule has 3 heterocycles. The molecule has 0 amide bonds. The van der Waals surface area contributed by atoms with Crippen LogP contribution in [-0.2, 0) is 6.54 Å². The summed E-state index contributed by atoms with van der Waals surface area (Å²) in [6.07, 6.45) is 1.73. The monoisotopic (exact) mass is 274 g/mol. The third-order valence-electron chi connectivity index (χ3n) is 2.76. The van der Waals surface area contributed by atoms with Gasteiger partial charge in [-0.15, -0.1) is 11.3 Å². The van der Waals surface area contributed by atoms with Crippen molar-refractivity contribution in [2.45, 2.75) is 13.5 Å². The molecular formula is C12H14N6S. The molecule has 0 aliphatic heterocycles. The van der Waals surface area contributed by atoms with Gasteiger partial charge < -0.3 is 10.6 Å². The average molecular weight is 274 g/mol. The zero-order valence-electron chi connectivity index (χ0n) is 10.7. The molecular weight excluding hydrogens is 260 g/mol. The fourth-order valence-corrected chi connectivity index (χ4v) is 2.66. The Morgan fingerprint density at radius 1 is 1.32 bits per heavy atom. The largest absolute Gasteiger partial charge is 0.364 e. The van der Waals surface area contributed by atoms with E-state index in [4.69, 9.17) is 0 Å². The molecule has 0 aliphatic carbocycles. The predicted octanol–water partition coefficient (Wildman–Crippen LogP) is 2.38. The van der Waals surface area contributed by atoms with Crippen molar-refractivity contribution in [3.05, 3.63) is 28.1 Å². The molecule has 3 rings (SSSR count). The van der Waals surface area contributed by atoms with Crippen molar-refractivity contribution < 1.29 is 0 Å². The molecule has 0 saturated heterocycles. The van der Waals surface area contributed by atoms with E-state index in [9.17, 15) is 0 Å². The van der Waals surface area contributed by atoms with Crippen molar-refractivity contribution >= 4 is 34.1 Å². The lowest BCUT2D eigenvalue weighted by atomic mass is 10.3. The Balaban J connectivity index is 1.88. The quantitative estimate of drug-likeness (QED) is 0.681. The van der Waals surface area contributed by atoms with Crippen LogP contribution in [0, 0.1) is 6.92 Å². The van der Waals surface area contributed by atoms with Crippen molar-refractivity contribution in [3.8, 4) is 0 Å². The van der Waals surface area contributed by atoms with Crippen LogP contribution in [0.5, 0.6) is 0 Å². The minimum atomic E-state index is 0.571. The summed E-state index contributed by atoms with van der Waals surface area (Å²) >= 11 is 1.78. The summed E-state index contributed by atoms with van der Waals surface area (Å²) in [5.74, 6) is 1.36. The Hall–Kier alpha value is -2.15. The van der Waals surface area contributed by atoms with E-state index in [1.807, 2.05) is 0 Å². The molecule has 3 N–H and O–H groups in total. The molecule has 19 heavy (non-hydrogen) atoms. The van der Waals surface area contributed by atoms with E-state index in [1.54, 1.807) is 24.6 Å². The first-order chi connectivity index (χ1) is 9.26. The van der Waals surface area contributed by atoms with Crippen LogP contribution < -0.4 is 10.6 Å². The van der Waals surface area contributed by atoms with E-state index < -0.39 is 0 Å². The second-order valence-corrected chi connectivity index (χ2v) is 5.52. The third kappa shape index (κ3) is 2.37. The predicted molar refractivity (Wildman–Crippen MR) is 77.6 cm³/mol. The van der Waals surface area contributed by atoms with Crippen LogP contribution in [0.1, 0.15) is 9.75 Å². The number of thiophene rings is 1. The summed E-state index contributed by atoms with van der Waals surface area (Å²) in [6, 6.07) is 4.24. The number of rotatable bonds is 4. The molecule has 98 valence electrons. The minimum Gasteiger partial charge on any atom is -0.364 e. The zero-order chi connectivity index (χ0) is 13.2. The lowest BCUT2D eigenvalue weighted by Gasteiger charge is -2.07. The highest BCUT2D eigenvalue weighted by molar-refractivity contribution is 7.11. The number of hydrogen-bond donors (Lipinski definition) is 3. The Labute approximate surface area is 114 Å². The number of aryl methyl sites for hydroxylation is 1. The van der Waals surface area contributed by atoms with Crippen LogP contribution in [-0.4, -0.2) is 27.2 Å². The smallest absolute Gasteiger partial charge is 0.226 e. The van der Waals surface area contributed by atoms with Crippen LogP contribution >= 0.6 is 11.3 Å². The first-order valence-electron chi connectivity index (χ1n) is 5.94. The second kappa shape index (κ2) is 4.85. The fourth-order valence-electron chi connectivity index (χ4n) is 1.83. The number of aromatic amines is 1. The number of nitrogens with zero attached hydrogens (tertiary/aromatic N) is 3. The van der Waals surface area contributed by atoms with Gasteiger partial charge in [-0.2, -0.15) is 15.1 Å². The van der Waals surface area contributed by atoms with Gasteiger partial charge in [0.1, 0.15) is 5.82 Å². The van der Waals surface area contributed by atoms with E-state index in [0.717, 1.165) is 23.4 Å². The molecule has 0 radical (unpaired) electrons. The molecule has 0 bridgehead atoms. The summed E-state index contributed by atoms with van der Waals surface area (Å²) in [5.41, 5.74) is 0.726. The van der Waals surface area contributed by atoms with Gasteiger partial charge in [-0.3, -0.25) is 5.10 Å². The number of aromatic nitrogens is 4. The first kappa shape index (κ1) is 11.9. The van der Waals surface area contributed by atoms with E-state index >= 15 is 0 Å². The van der Waals surface area contributed by atoms with Gasteiger partial charge in [0.15, 0.2) is 5.65 Å². The van der Waals surface area contributed by atoms with Crippen molar-refractivity contribution in [1.29, 1.82) is 0 Å². The third-order valence-corrected chi connectivity index (χ3v) is 3.76. The molecule has 0 aromatic carbocycles. The maximum absolute atomic E-state index is 4.42. The maximum atomic E-state index is 4.42. The number of anilines is 2. The van der Waals surface area contributed by atoms with Crippen LogP contribution in [0.3, 0.4) is 0 Å². The van der Waals surface area contributed by atoms with Crippen LogP contribution in [0.2, 0.25) is 0 Å². The molecule has 0 fully saturated rings. The molecule has 0 aliphatic rings. The lowest BCUT2D eigenvalue weighted by Crippen LogP contribution is -2.04. The SMILES string of the molecule is CNc1nc(NCc2ccc(C)s2)c2cn[nH]c2n1. The van der Waals surface area contributed by atoms with Crippen molar-refractivity contribution in [2.75, 3.05) is 17.7 Å². The highest BCUT2D eigenvalue weighted by Crippen LogP contribution is 2.22. The number of hydrogen-bond acceptors (Lipinski definition) is 6. The van der Waals surface area contributed by atoms with E-state index in [1.165, 1.54) is 9.75 Å². The summed E-state index contributed by atoms with van der Waals surface area (Å²) in [6.45, 7) is 2.85. The van der Waals surface area contributed by atoms with Gasteiger partial charge in [-0.1, -0.05) is 0 Å². The second-order valence-electron chi connectivity index (χ2n) is 4.14. The fraction of sp³-hybridized carbons (Fsp3) is 0.250. The molecule has 3 aromatic heterocycles.